The molecule has 47 heavy (non-hydrogen) atoms. The van der Waals surface area contributed by atoms with Crippen LogP contribution in [-0.4, -0.2) is 9.13 Å². The molecule has 2 heteroatoms. The first-order chi connectivity index (χ1) is 23.3. The monoisotopic (exact) mass is 604 g/mol. The highest BCUT2D eigenvalue weighted by Gasteiger charge is 2.42. The molecule has 4 bridgehead atoms. The van der Waals surface area contributed by atoms with Crippen molar-refractivity contribution in [1.29, 1.82) is 0 Å². The van der Waals surface area contributed by atoms with E-state index in [-0.39, 0.29) is 0 Å². The van der Waals surface area contributed by atoms with E-state index in [1.54, 1.807) is 11.1 Å². The Morgan fingerprint density at radius 1 is 0.362 bits per heavy atom. The molecule has 2 fully saturated rings. The van der Waals surface area contributed by atoms with Crippen molar-refractivity contribution in [2.45, 2.75) is 43.9 Å². The van der Waals surface area contributed by atoms with Crippen LogP contribution in [0.3, 0.4) is 0 Å². The van der Waals surface area contributed by atoms with E-state index in [0.717, 1.165) is 23.7 Å². The van der Waals surface area contributed by atoms with Gasteiger partial charge in [-0.15, -0.1) is 0 Å². The summed E-state index contributed by atoms with van der Waals surface area (Å²) in [5.41, 5.74) is 13.4. The van der Waals surface area contributed by atoms with Crippen LogP contribution in [0.1, 0.15) is 55.1 Å². The smallest absolute Gasteiger partial charge is 0.0541 e. The second kappa shape index (κ2) is 9.72. The molecule has 0 radical (unpaired) electrons. The molecule has 0 N–H and O–H groups in total. The van der Waals surface area contributed by atoms with E-state index >= 15 is 0 Å². The molecule has 0 amide bonds. The molecule has 2 aromatic heterocycles. The average molecular weight is 605 g/mol. The average Bonchev–Trinajstić information content (AvgIpc) is 3.57. The Labute approximate surface area is 274 Å². The van der Waals surface area contributed by atoms with Crippen LogP contribution in [0.5, 0.6) is 0 Å². The lowest BCUT2D eigenvalue weighted by Crippen LogP contribution is -2.25. The first-order valence-electron chi connectivity index (χ1n) is 17.5. The quantitative estimate of drug-likeness (QED) is 0.190. The largest absolute Gasteiger partial charge is 0.309 e. The molecule has 2 heterocycles. The molecule has 2 atom stereocenters. The second-order valence-corrected chi connectivity index (χ2v) is 14.6. The van der Waals surface area contributed by atoms with Crippen molar-refractivity contribution in [2.24, 2.45) is 11.8 Å². The predicted molar refractivity (Wildman–Crippen MR) is 196 cm³/mol. The number of hydrogen-bond donors (Lipinski definition) is 0. The Morgan fingerprint density at radius 3 is 1.49 bits per heavy atom. The van der Waals surface area contributed by atoms with Gasteiger partial charge in [0.25, 0.3) is 0 Å². The summed E-state index contributed by atoms with van der Waals surface area (Å²) in [7, 11) is 0. The lowest BCUT2D eigenvalue weighted by molar-refractivity contribution is 0.166. The van der Waals surface area contributed by atoms with Gasteiger partial charge in [0.1, 0.15) is 0 Å². The third kappa shape index (κ3) is 3.79. The van der Waals surface area contributed by atoms with Crippen LogP contribution in [0.15, 0.2) is 133 Å². The molecule has 12 rings (SSSR count). The van der Waals surface area contributed by atoms with Crippen molar-refractivity contribution >= 4 is 43.6 Å². The van der Waals surface area contributed by atoms with E-state index in [1.807, 2.05) is 0 Å². The number of nitrogens with zero attached hydrogens (tertiary/aromatic N) is 2. The maximum atomic E-state index is 2.58. The van der Waals surface area contributed by atoms with Gasteiger partial charge in [-0.25, -0.2) is 0 Å². The normalized spacial score (nSPS) is 21.6. The number of hydrogen-bond acceptors (Lipinski definition) is 0. The topological polar surface area (TPSA) is 9.86 Å². The minimum absolute atomic E-state index is 0.739. The number of fused-ring (bicyclic) bond motifs is 6. The van der Waals surface area contributed by atoms with Gasteiger partial charge in [-0.3, -0.25) is 0 Å². The number of para-hydroxylation sites is 3. The lowest BCUT2D eigenvalue weighted by atomic mass is 9.67. The predicted octanol–water partition coefficient (Wildman–Crippen LogP) is 11.9. The Hall–Kier alpha value is -5.08. The summed E-state index contributed by atoms with van der Waals surface area (Å²) >= 11 is 0. The summed E-state index contributed by atoms with van der Waals surface area (Å²) in [5, 5.41) is 5.22. The van der Waals surface area contributed by atoms with Crippen LogP contribution in [0.25, 0.3) is 66.1 Å². The molecule has 4 aliphatic rings. The molecule has 2 saturated carbocycles. The molecule has 0 saturated heterocycles. The molecule has 8 aromatic rings. The number of aromatic nitrogens is 2. The fraction of sp³-hybridized carbons (Fsp3) is 0.200. The number of rotatable bonds is 3. The Balaban J connectivity index is 1.08. The van der Waals surface area contributed by atoms with E-state index in [9.17, 15) is 0 Å². The van der Waals surface area contributed by atoms with Crippen LogP contribution in [0.2, 0.25) is 0 Å². The van der Waals surface area contributed by atoms with Crippen molar-refractivity contribution in [2.75, 3.05) is 0 Å². The first-order valence-corrected chi connectivity index (χ1v) is 17.5. The molecule has 2 unspecified atom stereocenters. The van der Waals surface area contributed by atoms with Gasteiger partial charge in [0.15, 0.2) is 0 Å². The van der Waals surface area contributed by atoms with E-state index in [2.05, 4.69) is 143 Å². The third-order valence-electron chi connectivity index (χ3n) is 12.0. The minimum Gasteiger partial charge on any atom is -0.309 e. The van der Waals surface area contributed by atoms with Crippen LogP contribution in [-0.2, 0) is 0 Å². The fourth-order valence-corrected chi connectivity index (χ4v) is 10.2. The molecule has 4 aliphatic carbocycles. The van der Waals surface area contributed by atoms with Gasteiger partial charge >= 0.3 is 0 Å². The standard InChI is InChI=1S/C45H36N2/c1-2-8-34(9-3-1)46-42-12-6-4-10-37(42)40-25-30(14-18-44(40)46)31-15-19-45-41(26-31)38-11-5-7-13-43(38)47(45)35-16-17-36-32-21-28-20-29(22-32)24-33(23-28)39(36)27-35/h1-19,25-29,32-33H,20-24H2. The van der Waals surface area contributed by atoms with Gasteiger partial charge in [0, 0.05) is 32.9 Å². The highest BCUT2D eigenvalue weighted by molar-refractivity contribution is 6.12. The first kappa shape index (κ1) is 26.0. The minimum atomic E-state index is 0.739. The summed E-state index contributed by atoms with van der Waals surface area (Å²) < 4.78 is 4.92. The zero-order valence-electron chi connectivity index (χ0n) is 26.4. The lowest BCUT2D eigenvalue weighted by Gasteiger charge is -2.38. The van der Waals surface area contributed by atoms with Crippen molar-refractivity contribution in [1.82, 2.24) is 9.13 Å². The third-order valence-corrected chi connectivity index (χ3v) is 12.0. The summed E-state index contributed by atoms with van der Waals surface area (Å²) in [6, 6.07) is 50.1. The van der Waals surface area contributed by atoms with Gasteiger partial charge in [-0.2, -0.15) is 0 Å². The zero-order valence-corrected chi connectivity index (χ0v) is 26.4. The van der Waals surface area contributed by atoms with Crippen LogP contribution in [0, 0.1) is 11.8 Å². The van der Waals surface area contributed by atoms with Crippen LogP contribution in [0.4, 0.5) is 0 Å². The highest BCUT2D eigenvalue weighted by Crippen LogP contribution is 2.56. The molecular weight excluding hydrogens is 569 g/mol. The molecule has 0 spiro atoms. The Morgan fingerprint density at radius 2 is 0.872 bits per heavy atom. The van der Waals surface area contributed by atoms with E-state index < -0.39 is 0 Å². The van der Waals surface area contributed by atoms with Gasteiger partial charge in [-0.1, -0.05) is 72.8 Å². The Bertz CT molecular complexity index is 2520. The van der Waals surface area contributed by atoms with Gasteiger partial charge in [0.2, 0.25) is 0 Å². The molecule has 0 aliphatic heterocycles. The fourth-order valence-electron chi connectivity index (χ4n) is 10.2. The van der Waals surface area contributed by atoms with E-state index in [0.29, 0.717) is 0 Å². The highest BCUT2D eigenvalue weighted by atomic mass is 15.0. The maximum absolute atomic E-state index is 2.58. The van der Waals surface area contributed by atoms with Crippen LogP contribution < -0.4 is 0 Å². The van der Waals surface area contributed by atoms with Gasteiger partial charge in [0.05, 0.1) is 22.1 Å². The van der Waals surface area contributed by atoms with E-state index in [1.165, 1.54) is 98.2 Å². The second-order valence-electron chi connectivity index (χ2n) is 14.6. The molecule has 2 nitrogen and oxygen atoms in total. The van der Waals surface area contributed by atoms with Gasteiger partial charge < -0.3 is 9.13 Å². The van der Waals surface area contributed by atoms with Crippen molar-refractivity contribution in [3.63, 3.8) is 0 Å². The van der Waals surface area contributed by atoms with E-state index in [4.69, 9.17) is 0 Å². The maximum Gasteiger partial charge on any atom is 0.0541 e. The van der Waals surface area contributed by atoms with Crippen LogP contribution >= 0.6 is 0 Å². The summed E-state index contributed by atoms with van der Waals surface area (Å²) in [6.45, 7) is 0. The molecule has 226 valence electrons. The molecular formula is C45H36N2. The zero-order chi connectivity index (χ0) is 30.6. The Kier molecular flexibility index (Phi) is 5.38. The van der Waals surface area contributed by atoms with Crippen molar-refractivity contribution < 1.29 is 0 Å². The number of benzene rings is 6. The molecule has 6 aromatic carbocycles. The SMILES string of the molecule is c1ccc(-n2c3ccccc3c3cc(-c4ccc5c(c4)c4ccccc4n5-c4ccc5c(c4)C4CC6CC(CC5C6)C4)ccc32)cc1. The summed E-state index contributed by atoms with van der Waals surface area (Å²) in [5.74, 6) is 3.39. The van der Waals surface area contributed by atoms with Gasteiger partial charge in [-0.05, 0) is 139 Å². The summed E-state index contributed by atoms with van der Waals surface area (Å²) in [4.78, 5) is 0. The van der Waals surface area contributed by atoms with Crippen molar-refractivity contribution in [3.05, 3.63) is 145 Å². The van der Waals surface area contributed by atoms with Crippen molar-refractivity contribution in [3.8, 4) is 22.5 Å². The summed E-state index contributed by atoms with van der Waals surface area (Å²) in [6.07, 6.45) is 7.10.